The first-order valence-electron chi connectivity index (χ1n) is 8.72. The molecule has 3 N–H and O–H groups in total. The van der Waals surface area contributed by atoms with Crippen LogP contribution in [0.15, 0.2) is 48.5 Å². The van der Waals surface area contributed by atoms with Crippen molar-refractivity contribution >= 4 is 17.5 Å². The minimum absolute atomic E-state index is 0.0297. The largest absolute Gasteiger partial charge is 0.495 e. The monoisotopic (exact) mass is 353 g/mol. The maximum absolute atomic E-state index is 12.5. The summed E-state index contributed by atoms with van der Waals surface area (Å²) in [7, 11) is 1.57. The van der Waals surface area contributed by atoms with Gasteiger partial charge in [-0.3, -0.25) is 20.4 Å². The lowest BCUT2D eigenvalue weighted by atomic mass is 9.82. The summed E-state index contributed by atoms with van der Waals surface area (Å²) in [6.45, 7) is 0.0297. The number of para-hydroxylation sites is 2. The smallest absolute Gasteiger partial charge is 0.257 e. The van der Waals surface area contributed by atoms with Gasteiger partial charge in [-0.05, 0) is 42.5 Å². The summed E-state index contributed by atoms with van der Waals surface area (Å²) in [5.41, 5.74) is 8.01. The predicted molar refractivity (Wildman–Crippen MR) is 99.9 cm³/mol. The molecule has 0 radical (unpaired) electrons. The molecule has 0 aromatic heterocycles. The van der Waals surface area contributed by atoms with Crippen LogP contribution in [-0.2, 0) is 16.0 Å². The number of hydrogen-bond donors (Lipinski definition) is 3. The van der Waals surface area contributed by atoms with Crippen LogP contribution in [0.5, 0.6) is 5.75 Å². The second-order valence-corrected chi connectivity index (χ2v) is 6.23. The molecule has 0 heterocycles. The zero-order chi connectivity index (χ0) is 18.4. The van der Waals surface area contributed by atoms with E-state index < -0.39 is 0 Å². The highest BCUT2D eigenvalue weighted by atomic mass is 16.5. The van der Waals surface area contributed by atoms with Crippen molar-refractivity contribution < 1.29 is 14.3 Å². The highest BCUT2D eigenvalue weighted by molar-refractivity contribution is 5.88. The zero-order valence-electron chi connectivity index (χ0n) is 14.7. The Bertz CT molecular complexity index is 791. The van der Waals surface area contributed by atoms with E-state index in [-0.39, 0.29) is 24.3 Å². The lowest BCUT2D eigenvalue weighted by Crippen LogP contribution is -2.46. The number of aryl methyl sites for hydroxylation is 1. The highest BCUT2D eigenvalue weighted by Crippen LogP contribution is 2.31. The van der Waals surface area contributed by atoms with Crippen LogP contribution >= 0.6 is 0 Å². The first-order valence-corrected chi connectivity index (χ1v) is 8.72. The molecule has 1 aliphatic carbocycles. The number of hydrazine groups is 1. The van der Waals surface area contributed by atoms with E-state index >= 15 is 0 Å². The van der Waals surface area contributed by atoms with E-state index in [0.717, 1.165) is 30.5 Å². The summed E-state index contributed by atoms with van der Waals surface area (Å²) in [5, 5.41) is 2.99. The molecule has 6 nitrogen and oxygen atoms in total. The number of fused-ring (bicyclic) bond motifs is 1. The number of carbonyl (C=O) groups is 2. The minimum Gasteiger partial charge on any atom is -0.495 e. The van der Waals surface area contributed by atoms with Gasteiger partial charge in [0.2, 0.25) is 5.91 Å². The number of carbonyl (C=O) groups excluding carboxylic acids is 2. The summed E-state index contributed by atoms with van der Waals surface area (Å²) in [5.74, 6) is -0.0679. The fourth-order valence-corrected chi connectivity index (χ4v) is 3.26. The van der Waals surface area contributed by atoms with Crippen LogP contribution in [0.1, 0.15) is 29.9 Å². The lowest BCUT2D eigenvalue weighted by Gasteiger charge is -2.24. The first kappa shape index (κ1) is 17.8. The van der Waals surface area contributed by atoms with Crippen LogP contribution < -0.4 is 20.9 Å². The van der Waals surface area contributed by atoms with Gasteiger partial charge >= 0.3 is 0 Å². The molecule has 1 atom stereocenters. The maximum atomic E-state index is 12.5. The number of hydrogen-bond acceptors (Lipinski definition) is 4. The number of amides is 2. The van der Waals surface area contributed by atoms with Gasteiger partial charge in [0.25, 0.3) is 5.91 Å². The van der Waals surface area contributed by atoms with Crippen LogP contribution in [0.3, 0.4) is 0 Å². The van der Waals surface area contributed by atoms with Crippen LogP contribution in [0.2, 0.25) is 0 Å². The number of benzene rings is 2. The third-order valence-corrected chi connectivity index (χ3v) is 4.56. The standard InChI is InChI=1S/C20H23N3O3/c1-26-18-12-5-4-11-17(18)21-13-19(24)22-23-20(25)16-10-6-8-14-7-2-3-9-15(14)16/h2-5,7,9,11-12,16,21H,6,8,10,13H2,1H3,(H,22,24)(H,23,25). The second kappa shape index (κ2) is 8.38. The number of methoxy groups -OCH3 is 1. The van der Waals surface area contributed by atoms with E-state index in [0.29, 0.717) is 5.75 Å². The topological polar surface area (TPSA) is 79.5 Å². The third kappa shape index (κ3) is 4.14. The molecule has 1 unspecified atom stereocenters. The zero-order valence-corrected chi connectivity index (χ0v) is 14.7. The average Bonchev–Trinajstić information content (AvgIpc) is 2.70. The van der Waals surface area contributed by atoms with Gasteiger partial charge in [0.15, 0.2) is 0 Å². The van der Waals surface area contributed by atoms with E-state index in [1.807, 2.05) is 42.5 Å². The summed E-state index contributed by atoms with van der Waals surface area (Å²) in [4.78, 5) is 24.5. The van der Waals surface area contributed by atoms with Crippen LogP contribution in [0, 0.1) is 0 Å². The van der Waals surface area contributed by atoms with E-state index in [4.69, 9.17) is 4.74 Å². The van der Waals surface area contributed by atoms with Gasteiger partial charge in [-0.2, -0.15) is 0 Å². The molecule has 0 spiro atoms. The molecule has 0 fully saturated rings. The lowest BCUT2D eigenvalue weighted by molar-refractivity contribution is -0.129. The Morgan fingerprint density at radius 2 is 1.85 bits per heavy atom. The molecular weight excluding hydrogens is 330 g/mol. The summed E-state index contributed by atoms with van der Waals surface area (Å²) < 4.78 is 5.22. The number of ether oxygens (including phenoxy) is 1. The Hall–Kier alpha value is -3.02. The normalized spacial score (nSPS) is 15.5. The molecule has 0 bridgehead atoms. The number of anilines is 1. The number of rotatable bonds is 5. The summed E-state index contributed by atoms with van der Waals surface area (Å²) in [6, 6.07) is 15.3. The Labute approximate surface area is 152 Å². The van der Waals surface area contributed by atoms with Gasteiger partial charge in [0.05, 0.1) is 25.3 Å². The van der Waals surface area contributed by atoms with Crippen molar-refractivity contribution in [3.63, 3.8) is 0 Å². The Morgan fingerprint density at radius 3 is 2.69 bits per heavy atom. The molecule has 0 saturated heterocycles. The maximum Gasteiger partial charge on any atom is 0.257 e. The molecular formula is C20H23N3O3. The molecule has 3 rings (SSSR count). The molecule has 2 amide bonds. The molecule has 1 aliphatic rings. The predicted octanol–water partition coefficient (Wildman–Crippen LogP) is 2.37. The van der Waals surface area contributed by atoms with Crippen molar-refractivity contribution in [2.24, 2.45) is 0 Å². The first-order chi connectivity index (χ1) is 12.7. The third-order valence-electron chi connectivity index (χ3n) is 4.56. The molecule has 2 aromatic carbocycles. The SMILES string of the molecule is COc1ccccc1NCC(=O)NNC(=O)C1CCCc2ccccc21. The fourth-order valence-electron chi connectivity index (χ4n) is 3.26. The van der Waals surface area contributed by atoms with E-state index in [1.54, 1.807) is 7.11 Å². The van der Waals surface area contributed by atoms with Crippen molar-refractivity contribution in [1.29, 1.82) is 0 Å². The van der Waals surface area contributed by atoms with Crippen molar-refractivity contribution in [3.8, 4) is 5.75 Å². The molecule has 26 heavy (non-hydrogen) atoms. The van der Waals surface area contributed by atoms with Gasteiger partial charge in [-0.25, -0.2) is 0 Å². The van der Waals surface area contributed by atoms with Crippen LogP contribution in [0.25, 0.3) is 0 Å². The Morgan fingerprint density at radius 1 is 1.08 bits per heavy atom. The summed E-state index contributed by atoms with van der Waals surface area (Å²) in [6.07, 6.45) is 2.76. The highest BCUT2D eigenvalue weighted by Gasteiger charge is 2.26. The number of nitrogens with one attached hydrogen (secondary N) is 3. The van der Waals surface area contributed by atoms with Gasteiger partial charge in [0.1, 0.15) is 5.75 Å². The van der Waals surface area contributed by atoms with E-state index in [2.05, 4.69) is 22.2 Å². The molecule has 136 valence electrons. The fraction of sp³-hybridized carbons (Fsp3) is 0.300. The van der Waals surface area contributed by atoms with E-state index in [9.17, 15) is 9.59 Å². The van der Waals surface area contributed by atoms with Gasteiger partial charge in [0, 0.05) is 0 Å². The van der Waals surface area contributed by atoms with Gasteiger partial charge < -0.3 is 10.1 Å². The average molecular weight is 353 g/mol. The summed E-state index contributed by atoms with van der Waals surface area (Å²) >= 11 is 0. The van der Waals surface area contributed by atoms with E-state index in [1.165, 1.54) is 5.56 Å². The second-order valence-electron chi connectivity index (χ2n) is 6.23. The quantitative estimate of drug-likeness (QED) is 0.721. The Kier molecular flexibility index (Phi) is 5.73. The van der Waals surface area contributed by atoms with Crippen LogP contribution in [-0.4, -0.2) is 25.5 Å². The minimum atomic E-state index is -0.326. The van der Waals surface area contributed by atoms with Crippen molar-refractivity contribution in [2.45, 2.75) is 25.2 Å². The van der Waals surface area contributed by atoms with Crippen molar-refractivity contribution in [3.05, 3.63) is 59.7 Å². The molecule has 0 saturated carbocycles. The molecule has 6 heteroatoms. The van der Waals surface area contributed by atoms with Gasteiger partial charge in [-0.15, -0.1) is 0 Å². The molecule has 0 aliphatic heterocycles. The van der Waals surface area contributed by atoms with Crippen LogP contribution in [0.4, 0.5) is 5.69 Å². The Balaban J connectivity index is 1.51. The van der Waals surface area contributed by atoms with Gasteiger partial charge in [-0.1, -0.05) is 36.4 Å². The van der Waals surface area contributed by atoms with Crippen molar-refractivity contribution in [1.82, 2.24) is 10.9 Å². The van der Waals surface area contributed by atoms with Crippen molar-refractivity contribution in [2.75, 3.05) is 19.0 Å². The molecule has 2 aromatic rings.